The number of alkyl carbamates (subject to hydrolysis) is 1. The van der Waals surface area contributed by atoms with Crippen LogP contribution < -0.4 is 5.32 Å². The van der Waals surface area contributed by atoms with Gasteiger partial charge < -0.3 is 67.2 Å². The number of alkyl halides is 3. The highest BCUT2D eigenvalue weighted by Crippen LogP contribution is 2.40. The van der Waals surface area contributed by atoms with E-state index in [1.807, 2.05) is 0 Å². The van der Waals surface area contributed by atoms with E-state index in [0.717, 1.165) is 0 Å². The van der Waals surface area contributed by atoms with Crippen LogP contribution in [-0.2, 0) is 80.9 Å². The minimum atomic E-state index is -3.87. The maximum absolute atomic E-state index is 13.0. The Morgan fingerprint density at radius 2 is 1.21 bits per heavy atom. The van der Waals surface area contributed by atoms with E-state index in [1.54, 1.807) is 39.0 Å². The van der Waals surface area contributed by atoms with Crippen LogP contribution in [0.15, 0.2) is 34.1 Å². The molecule has 1 heterocycles. The van der Waals surface area contributed by atoms with Gasteiger partial charge in [-0.2, -0.15) is 0 Å². The van der Waals surface area contributed by atoms with Crippen molar-refractivity contribution in [1.29, 1.82) is 0 Å². The molecular weight excluding hydrogens is 946 g/mol. The zero-order valence-corrected chi connectivity index (χ0v) is 39.2. The normalized spacial score (nSPS) is 14.3. The molecule has 26 heteroatoms. The Bertz CT molecular complexity index is 1760. The largest absolute Gasteiger partial charge is 0.458 e. The van der Waals surface area contributed by atoms with E-state index in [0.29, 0.717) is 5.56 Å². The number of nitrogens with one attached hydrogen (secondary N) is 1. The topological polar surface area (TPSA) is 257 Å². The standard InChI is InChI=1S/C37H56Cl3N2O19PS/c1-36(2,3)60-34(45)26-56-17-16-53-13-10-42(9-12-52-15-14-51-11-8-41-35(46)61-37(38,39)40)32(43)24-54-18-20-57-27-62(47,48)28-58-21-19-55-25-33(44)59-23-30-22-29-6-4-5-7-31(29)63(30,49)50/h4-7,22H,8-21,23-28H2,1-3H3,(H,41,46)(H,47,48). The first-order valence-corrected chi connectivity index (χ1v) is 24.0. The van der Waals surface area contributed by atoms with Gasteiger partial charge in [0.2, 0.25) is 23.1 Å². The van der Waals surface area contributed by atoms with Crippen LogP contribution in [0.25, 0.3) is 6.08 Å². The van der Waals surface area contributed by atoms with Crippen molar-refractivity contribution in [2.45, 2.75) is 35.2 Å². The van der Waals surface area contributed by atoms with Gasteiger partial charge >= 0.3 is 22.0 Å². The van der Waals surface area contributed by atoms with Crippen molar-refractivity contribution in [3.05, 3.63) is 34.7 Å². The first kappa shape index (κ1) is 56.5. The van der Waals surface area contributed by atoms with Crippen molar-refractivity contribution < 1.29 is 89.2 Å². The van der Waals surface area contributed by atoms with Crippen LogP contribution in [0.5, 0.6) is 0 Å². The zero-order valence-electron chi connectivity index (χ0n) is 35.3. The van der Waals surface area contributed by atoms with Gasteiger partial charge in [0.25, 0.3) is 0 Å². The highest BCUT2D eigenvalue weighted by Gasteiger charge is 2.30. The minimum Gasteiger partial charge on any atom is -0.458 e. The second-order valence-electron chi connectivity index (χ2n) is 14.0. The Hall–Kier alpha value is -2.67. The molecule has 360 valence electrons. The van der Waals surface area contributed by atoms with Crippen molar-refractivity contribution in [2.24, 2.45) is 0 Å². The number of fused-ring (bicyclic) bond motifs is 1. The van der Waals surface area contributed by atoms with E-state index < -0.39 is 76.6 Å². The third kappa shape index (κ3) is 26.8. The van der Waals surface area contributed by atoms with Crippen molar-refractivity contribution in [2.75, 3.05) is 131 Å². The highest BCUT2D eigenvalue weighted by molar-refractivity contribution is 7.95. The number of ether oxygens (including phenoxy) is 11. The van der Waals surface area contributed by atoms with Crippen LogP contribution in [-0.4, -0.2) is 183 Å². The summed E-state index contributed by atoms with van der Waals surface area (Å²) in [7, 11) is -7.59. The number of esters is 2. The smallest absolute Gasteiger partial charge is 0.410 e. The van der Waals surface area contributed by atoms with Gasteiger partial charge in [0, 0.05) is 19.6 Å². The monoisotopic (exact) mass is 1000 g/mol. The quantitative estimate of drug-likeness (QED) is 0.0337. The van der Waals surface area contributed by atoms with Gasteiger partial charge in [0.1, 0.15) is 44.7 Å². The van der Waals surface area contributed by atoms with Crippen molar-refractivity contribution in [1.82, 2.24) is 10.2 Å². The molecule has 0 fully saturated rings. The fourth-order valence-electron chi connectivity index (χ4n) is 4.79. The predicted molar refractivity (Wildman–Crippen MR) is 226 cm³/mol. The van der Waals surface area contributed by atoms with Crippen LogP contribution in [0.1, 0.15) is 26.3 Å². The summed E-state index contributed by atoms with van der Waals surface area (Å²) in [6.45, 7) is 4.78. The fourth-order valence-corrected chi connectivity index (χ4v) is 7.38. The van der Waals surface area contributed by atoms with Crippen LogP contribution in [0.3, 0.4) is 0 Å². The maximum Gasteiger partial charge on any atom is 0.410 e. The third-order valence-electron chi connectivity index (χ3n) is 7.49. The lowest BCUT2D eigenvalue weighted by atomic mass is 10.2. The number of carbonyl (C=O) groups is 4. The molecule has 0 bridgehead atoms. The summed E-state index contributed by atoms with van der Waals surface area (Å²) in [4.78, 5) is 59.9. The molecule has 1 aliphatic rings. The molecule has 63 heavy (non-hydrogen) atoms. The lowest BCUT2D eigenvalue weighted by molar-refractivity contribution is -0.160. The second-order valence-corrected chi connectivity index (χ2v) is 20.3. The maximum atomic E-state index is 13.0. The Kier molecular flexibility index (Phi) is 26.7. The highest BCUT2D eigenvalue weighted by atomic mass is 35.6. The lowest BCUT2D eigenvalue weighted by Crippen LogP contribution is -2.39. The van der Waals surface area contributed by atoms with Gasteiger partial charge in [0.15, 0.2) is 0 Å². The zero-order chi connectivity index (χ0) is 46.8. The molecule has 1 atom stereocenters. The van der Waals surface area contributed by atoms with Gasteiger partial charge in [-0.15, -0.1) is 0 Å². The molecule has 0 saturated heterocycles. The first-order valence-electron chi connectivity index (χ1n) is 19.3. The second kappa shape index (κ2) is 29.8. The molecule has 1 aliphatic heterocycles. The molecule has 2 amide bonds. The average Bonchev–Trinajstić information content (AvgIpc) is 3.45. The van der Waals surface area contributed by atoms with Crippen molar-refractivity contribution >= 4 is 82.0 Å². The van der Waals surface area contributed by atoms with Crippen molar-refractivity contribution in [3.63, 3.8) is 0 Å². The fraction of sp³-hybridized carbons (Fsp3) is 0.676. The summed E-state index contributed by atoms with van der Waals surface area (Å²) in [5.74, 6) is -1.70. The summed E-state index contributed by atoms with van der Waals surface area (Å²) in [5, 5.41) is 2.34. The Balaban J connectivity index is 1.60. The Labute approximate surface area is 381 Å². The summed E-state index contributed by atoms with van der Waals surface area (Å²) in [5.41, 5.74) is -0.117. The van der Waals surface area contributed by atoms with Crippen LogP contribution in [0, 0.1) is 0 Å². The van der Waals surface area contributed by atoms with E-state index in [9.17, 15) is 37.1 Å². The molecular formula is C37H56Cl3N2O19PS. The number of hydrogen-bond acceptors (Lipinski definition) is 18. The number of hydrogen-bond donors (Lipinski definition) is 2. The molecule has 0 aromatic heterocycles. The number of rotatable bonds is 33. The van der Waals surface area contributed by atoms with E-state index >= 15 is 0 Å². The number of halogens is 3. The van der Waals surface area contributed by atoms with E-state index in [2.05, 4.69) is 10.1 Å². The summed E-state index contributed by atoms with van der Waals surface area (Å²) in [6.07, 6.45) is -0.596. The summed E-state index contributed by atoms with van der Waals surface area (Å²) < 4.78 is 92.7. The lowest BCUT2D eigenvalue weighted by Gasteiger charge is -2.23. The molecule has 1 aromatic rings. The molecule has 0 aliphatic carbocycles. The number of nitrogens with zero attached hydrogens (tertiary/aromatic N) is 1. The van der Waals surface area contributed by atoms with E-state index in [-0.39, 0.29) is 115 Å². The summed E-state index contributed by atoms with van der Waals surface area (Å²) >= 11 is 16.1. The van der Waals surface area contributed by atoms with Crippen LogP contribution >= 0.6 is 42.2 Å². The Morgan fingerprint density at radius 1 is 0.698 bits per heavy atom. The van der Waals surface area contributed by atoms with Gasteiger partial charge in [-0.05, 0) is 73.3 Å². The molecule has 1 unspecified atom stereocenters. The molecule has 21 nitrogen and oxygen atoms in total. The molecule has 0 radical (unpaired) electrons. The first-order chi connectivity index (χ1) is 29.7. The van der Waals surface area contributed by atoms with Gasteiger partial charge in [-0.1, -0.05) is 18.2 Å². The Morgan fingerprint density at radius 3 is 1.76 bits per heavy atom. The van der Waals surface area contributed by atoms with Gasteiger partial charge in [-0.25, -0.2) is 22.8 Å². The van der Waals surface area contributed by atoms with Gasteiger partial charge in [-0.3, -0.25) is 9.36 Å². The number of sulfone groups is 1. The van der Waals surface area contributed by atoms with E-state index in [1.165, 1.54) is 17.0 Å². The molecule has 1 aromatic carbocycles. The molecule has 2 N–H and O–H groups in total. The third-order valence-corrected chi connectivity index (χ3v) is 10.8. The molecule has 0 saturated carbocycles. The van der Waals surface area contributed by atoms with E-state index in [4.69, 9.17) is 82.2 Å². The predicted octanol–water partition coefficient (Wildman–Crippen LogP) is 2.90. The van der Waals surface area contributed by atoms with Crippen molar-refractivity contribution in [3.8, 4) is 0 Å². The van der Waals surface area contributed by atoms with Crippen LogP contribution in [0.2, 0.25) is 0 Å². The average molecular weight is 1000 g/mol. The van der Waals surface area contributed by atoms with Crippen LogP contribution in [0.4, 0.5) is 4.79 Å². The minimum absolute atomic E-state index is 0.0431. The van der Waals surface area contributed by atoms with Gasteiger partial charge in [0.05, 0.1) is 82.5 Å². The molecule has 0 spiro atoms. The number of carbonyl (C=O) groups excluding carboxylic acids is 4. The molecule has 2 rings (SSSR count). The summed E-state index contributed by atoms with van der Waals surface area (Å²) in [6, 6.07) is 6.41. The SMILES string of the molecule is CC(C)(C)OC(=O)COCCOCCN(CCOCCOCCNC(=O)OC(Cl)(Cl)Cl)C(=O)COCCOCP(=O)(O)COCCOCC(=O)OCC1=Cc2ccccc2S1(=O)=O. The number of benzene rings is 1. The number of amides is 2.